The summed E-state index contributed by atoms with van der Waals surface area (Å²) >= 11 is 0. The fourth-order valence-electron chi connectivity index (χ4n) is 5.00. The molecular formula is C26H35F3N4O8S. The van der Waals surface area contributed by atoms with E-state index in [0.717, 1.165) is 31.9 Å². The van der Waals surface area contributed by atoms with E-state index in [9.17, 15) is 31.5 Å². The van der Waals surface area contributed by atoms with Gasteiger partial charge in [-0.05, 0) is 64.3 Å². The number of alkyl halides is 3. The minimum atomic E-state index is -5.98. The standard InChI is InChI=1S/C24H31F3N4O6S.C2H4O2/c1-22(2)12-15(13-23(3,4)30-22)31(5)19-8-7-17(28-29-19)21-14(10-20(32)33)9-16(11-18(21)36-6)37-38(34,35)24(25,26)27;1-2(3)4/h7-9,11,15,30H,10,12-13H2,1-6H3,(H,32,33);1H3,(H,3,4). The summed E-state index contributed by atoms with van der Waals surface area (Å²) in [5.41, 5.74) is -5.61. The zero-order chi connectivity index (χ0) is 32.3. The van der Waals surface area contributed by atoms with Crippen LogP contribution < -0.4 is 19.1 Å². The Kier molecular flexibility index (Phi) is 10.4. The van der Waals surface area contributed by atoms with Crippen molar-refractivity contribution in [1.82, 2.24) is 15.5 Å². The predicted molar refractivity (Wildman–Crippen MR) is 147 cm³/mol. The molecule has 3 N–H and O–H groups in total. The van der Waals surface area contributed by atoms with Crippen molar-refractivity contribution in [3.63, 3.8) is 0 Å². The Balaban J connectivity index is 0.00000144. The highest BCUT2D eigenvalue weighted by molar-refractivity contribution is 7.88. The molecule has 1 aliphatic rings. The topological polar surface area (TPSA) is 168 Å². The van der Waals surface area contributed by atoms with Gasteiger partial charge in [-0.3, -0.25) is 9.59 Å². The van der Waals surface area contributed by atoms with Crippen molar-refractivity contribution in [3.8, 4) is 22.8 Å². The lowest BCUT2D eigenvalue weighted by atomic mass is 9.79. The number of piperidine rings is 1. The van der Waals surface area contributed by atoms with E-state index in [1.54, 1.807) is 12.1 Å². The van der Waals surface area contributed by atoms with E-state index >= 15 is 0 Å². The van der Waals surface area contributed by atoms with Crippen LogP contribution in [-0.2, 0) is 26.1 Å². The molecule has 1 aromatic heterocycles. The maximum atomic E-state index is 12.8. The van der Waals surface area contributed by atoms with Gasteiger partial charge in [0.05, 0.1) is 19.2 Å². The summed E-state index contributed by atoms with van der Waals surface area (Å²) in [7, 11) is -2.87. The number of rotatable bonds is 8. The van der Waals surface area contributed by atoms with Crippen molar-refractivity contribution in [1.29, 1.82) is 0 Å². The van der Waals surface area contributed by atoms with Crippen LogP contribution in [0.2, 0.25) is 0 Å². The summed E-state index contributed by atoms with van der Waals surface area (Å²) in [6.45, 7) is 9.61. The molecule has 0 bridgehead atoms. The van der Waals surface area contributed by atoms with Crippen LogP contribution >= 0.6 is 0 Å². The average Bonchev–Trinajstić information content (AvgIpc) is 2.79. The number of anilines is 1. The summed E-state index contributed by atoms with van der Waals surface area (Å²) in [5.74, 6) is -2.46. The Bertz CT molecular complexity index is 1380. The normalized spacial score (nSPS) is 16.5. The molecule has 1 fully saturated rings. The van der Waals surface area contributed by atoms with Crippen LogP contribution in [0, 0.1) is 0 Å². The number of halogens is 3. The first kappa shape index (κ1) is 34.5. The number of nitrogens with one attached hydrogen (secondary N) is 1. The lowest BCUT2D eigenvalue weighted by molar-refractivity contribution is -0.136. The summed E-state index contributed by atoms with van der Waals surface area (Å²) in [4.78, 5) is 22.5. The van der Waals surface area contributed by atoms with Crippen LogP contribution in [0.25, 0.3) is 11.3 Å². The lowest BCUT2D eigenvalue weighted by Gasteiger charge is -2.49. The van der Waals surface area contributed by atoms with Gasteiger partial charge in [0.1, 0.15) is 11.5 Å². The van der Waals surface area contributed by atoms with Crippen molar-refractivity contribution in [3.05, 3.63) is 29.8 Å². The van der Waals surface area contributed by atoms with Crippen LogP contribution in [-0.4, -0.2) is 77.6 Å². The first-order chi connectivity index (χ1) is 19.1. The molecule has 16 heteroatoms. The van der Waals surface area contributed by atoms with Gasteiger partial charge in [-0.15, -0.1) is 10.2 Å². The van der Waals surface area contributed by atoms with E-state index < -0.39 is 39.7 Å². The number of hydrogen-bond acceptors (Lipinski definition) is 10. The molecule has 0 unspecified atom stereocenters. The van der Waals surface area contributed by atoms with E-state index in [0.29, 0.717) is 5.82 Å². The van der Waals surface area contributed by atoms with Crippen molar-refractivity contribution < 1.29 is 50.3 Å². The van der Waals surface area contributed by atoms with E-state index in [2.05, 4.69) is 47.4 Å². The predicted octanol–water partition coefficient (Wildman–Crippen LogP) is 3.84. The van der Waals surface area contributed by atoms with Gasteiger partial charge in [0.15, 0.2) is 5.82 Å². The number of ether oxygens (including phenoxy) is 1. The zero-order valence-corrected chi connectivity index (χ0v) is 25.1. The highest BCUT2D eigenvalue weighted by atomic mass is 32.2. The van der Waals surface area contributed by atoms with Gasteiger partial charge in [-0.1, -0.05) is 0 Å². The highest BCUT2D eigenvalue weighted by Gasteiger charge is 2.48. The number of aliphatic carboxylic acids is 2. The third kappa shape index (κ3) is 9.17. The second-order valence-corrected chi connectivity index (χ2v) is 12.6. The van der Waals surface area contributed by atoms with Crippen molar-refractivity contribution in [2.75, 3.05) is 19.1 Å². The lowest BCUT2D eigenvalue weighted by Crippen LogP contribution is -2.62. The molecule has 1 saturated heterocycles. The Morgan fingerprint density at radius 1 is 1.10 bits per heavy atom. The summed E-state index contributed by atoms with van der Waals surface area (Å²) in [6, 6.07) is 5.27. The van der Waals surface area contributed by atoms with Crippen LogP contribution in [0.4, 0.5) is 19.0 Å². The maximum absolute atomic E-state index is 12.8. The first-order valence-corrected chi connectivity index (χ1v) is 14.0. The van der Waals surface area contributed by atoms with E-state index in [4.69, 9.17) is 14.6 Å². The third-order valence-electron chi connectivity index (χ3n) is 6.19. The number of carboxylic acids is 2. The van der Waals surface area contributed by atoms with E-state index in [-0.39, 0.29) is 39.7 Å². The molecule has 42 heavy (non-hydrogen) atoms. The number of carboxylic acid groups (broad SMARTS) is 2. The fraction of sp³-hybridized carbons (Fsp3) is 0.538. The van der Waals surface area contributed by atoms with Gasteiger partial charge < -0.3 is 29.3 Å². The number of benzene rings is 1. The molecule has 1 aromatic carbocycles. The minimum absolute atomic E-state index is 0.0681. The maximum Gasteiger partial charge on any atom is 0.534 e. The monoisotopic (exact) mass is 620 g/mol. The Morgan fingerprint density at radius 2 is 1.64 bits per heavy atom. The van der Waals surface area contributed by atoms with Crippen LogP contribution in [0.15, 0.2) is 24.3 Å². The molecule has 234 valence electrons. The van der Waals surface area contributed by atoms with Crippen LogP contribution in [0.5, 0.6) is 11.5 Å². The van der Waals surface area contributed by atoms with Gasteiger partial charge in [0.25, 0.3) is 5.97 Å². The summed E-state index contributed by atoms with van der Waals surface area (Å²) in [5, 5.41) is 29.0. The van der Waals surface area contributed by atoms with Crippen molar-refractivity contribution in [2.45, 2.75) is 76.5 Å². The second-order valence-electron chi connectivity index (χ2n) is 11.1. The Hall–Kier alpha value is -3.66. The fourth-order valence-corrected chi connectivity index (χ4v) is 5.44. The number of aromatic nitrogens is 2. The quantitative estimate of drug-likeness (QED) is 0.288. The molecular weight excluding hydrogens is 585 g/mol. The number of nitrogens with zero attached hydrogens (tertiary/aromatic N) is 3. The van der Waals surface area contributed by atoms with Crippen molar-refractivity contribution >= 4 is 27.9 Å². The van der Waals surface area contributed by atoms with Gasteiger partial charge in [0, 0.05) is 42.7 Å². The Labute approximate surface area is 242 Å². The minimum Gasteiger partial charge on any atom is -0.496 e. The molecule has 1 aliphatic heterocycles. The van der Waals surface area contributed by atoms with Gasteiger partial charge in [0.2, 0.25) is 0 Å². The first-order valence-electron chi connectivity index (χ1n) is 12.6. The molecule has 2 heterocycles. The largest absolute Gasteiger partial charge is 0.534 e. The van der Waals surface area contributed by atoms with E-state index in [1.807, 2.05) is 11.9 Å². The molecule has 12 nitrogen and oxygen atoms in total. The molecule has 0 saturated carbocycles. The zero-order valence-electron chi connectivity index (χ0n) is 24.2. The molecule has 3 rings (SSSR count). The van der Waals surface area contributed by atoms with Crippen LogP contribution in [0.1, 0.15) is 53.0 Å². The van der Waals surface area contributed by atoms with Gasteiger partial charge >= 0.3 is 21.6 Å². The highest BCUT2D eigenvalue weighted by Crippen LogP contribution is 2.39. The van der Waals surface area contributed by atoms with Gasteiger partial charge in [-0.2, -0.15) is 21.6 Å². The summed E-state index contributed by atoms with van der Waals surface area (Å²) < 4.78 is 70.9. The molecule has 0 aliphatic carbocycles. The Morgan fingerprint density at radius 3 is 2.07 bits per heavy atom. The van der Waals surface area contributed by atoms with E-state index in [1.165, 1.54) is 7.11 Å². The van der Waals surface area contributed by atoms with Crippen molar-refractivity contribution in [2.24, 2.45) is 0 Å². The molecule has 0 atom stereocenters. The summed E-state index contributed by atoms with van der Waals surface area (Å²) in [6.07, 6.45) is 1.04. The molecule has 0 radical (unpaired) electrons. The molecule has 2 aromatic rings. The number of methoxy groups -OCH3 is 1. The average molecular weight is 621 g/mol. The second kappa shape index (κ2) is 12.7. The molecule has 0 spiro atoms. The SMILES string of the molecule is CC(=O)O.COc1cc(OS(=O)(=O)C(F)(F)F)cc(CC(=O)O)c1-c1ccc(N(C)C2CC(C)(C)NC(C)(C)C2)nn1. The number of carbonyl (C=O) groups is 2. The smallest absolute Gasteiger partial charge is 0.496 e. The van der Waals surface area contributed by atoms with Gasteiger partial charge in [-0.25, -0.2) is 0 Å². The third-order valence-corrected chi connectivity index (χ3v) is 7.17. The number of hydrogen-bond donors (Lipinski definition) is 3. The molecule has 0 amide bonds. The van der Waals surface area contributed by atoms with Crippen LogP contribution in [0.3, 0.4) is 0 Å².